The van der Waals surface area contributed by atoms with Crippen LogP contribution in [-0.4, -0.2) is 11.1 Å². The molecule has 0 bridgehead atoms. The first-order valence-corrected chi connectivity index (χ1v) is 5.34. The number of hydrogen-bond acceptors (Lipinski definition) is 1. The fraction of sp³-hybridized carbons (Fsp3) is 0.909. The van der Waals surface area contributed by atoms with Crippen molar-refractivity contribution in [2.24, 2.45) is 5.41 Å². The van der Waals surface area contributed by atoms with E-state index in [4.69, 9.17) is 5.11 Å². The van der Waals surface area contributed by atoms with Gasteiger partial charge in [0.15, 0.2) is 0 Å². The summed E-state index contributed by atoms with van der Waals surface area (Å²) < 4.78 is 0. The number of rotatable bonds is 5. The van der Waals surface area contributed by atoms with Crippen LogP contribution < -0.4 is 0 Å². The van der Waals surface area contributed by atoms with Crippen molar-refractivity contribution in [3.05, 3.63) is 0 Å². The van der Waals surface area contributed by atoms with Crippen molar-refractivity contribution in [2.75, 3.05) is 0 Å². The van der Waals surface area contributed by atoms with Crippen molar-refractivity contribution in [3.63, 3.8) is 0 Å². The van der Waals surface area contributed by atoms with Gasteiger partial charge in [-0.25, -0.2) is 0 Å². The van der Waals surface area contributed by atoms with Crippen LogP contribution in [-0.2, 0) is 4.79 Å². The third-order valence-electron chi connectivity index (χ3n) is 3.23. The van der Waals surface area contributed by atoms with Gasteiger partial charge in [-0.05, 0) is 31.1 Å². The minimum atomic E-state index is -0.656. The summed E-state index contributed by atoms with van der Waals surface area (Å²) in [5.74, 6) is -0.656. The molecule has 0 heterocycles. The fourth-order valence-electron chi connectivity index (χ4n) is 2.31. The first kappa shape index (κ1) is 10.6. The van der Waals surface area contributed by atoms with Crippen molar-refractivity contribution in [1.82, 2.24) is 0 Å². The van der Waals surface area contributed by atoms with E-state index in [-0.39, 0.29) is 0 Å². The lowest BCUT2D eigenvalue weighted by Crippen LogP contribution is -2.10. The molecule has 0 amide bonds. The van der Waals surface area contributed by atoms with Gasteiger partial charge in [0, 0.05) is 6.42 Å². The van der Waals surface area contributed by atoms with Gasteiger partial charge in [-0.1, -0.05) is 26.2 Å². The van der Waals surface area contributed by atoms with Crippen molar-refractivity contribution < 1.29 is 9.90 Å². The summed E-state index contributed by atoms with van der Waals surface area (Å²) in [5.41, 5.74) is 0.540. The molecular weight excluding hydrogens is 164 g/mol. The van der Waals surface area contributed by atoms with Crippen molar-refractivity contribution in [2.45, 2.75) is 58.3 Å². The molecule has 0 aliphatic heterocycles. The molecule has 0 spiro atoms. The highest BCUT2D eigenvalue weighted by Gasteiger charge is 2.27. The van der Waals surface area contributed by atoms with Crippen LogP contribution >= 0.6 is 0 Å². The van der Waals surface area contributed by atoms with Crippen LogP contribution in [0.3, 0.4) is 0 Å². The Balaban J connectivity index is 2.07. The molecular formula is C11H20O2. The zero-order valence-corrected chi connectivity index (χ0v) is 8.51. The smallest absolute Gasteiger partial charge is 0.303 e. The number of aliphatic carboxylic acids is 1. The van der Waals surface area contributed by atoms with Crippen LogP contribution in [0.2, 0.25) is 0 Å². The zero-order valence-electron chi connectivity index (χ0n) is 8.51. The summed E-state index contributed by atoms with van der Waals surface area (Å²) in [6, 6.07) is 0. The molecule has 1 aliphatic carbocycles. The van der Waals surface area contributed by atoms with E-state index >= 15 is 0 Å². The molecule has 0 aromatic rings. The minimum Gasteiger partial charge on any atom is -0.481 e. The Labute approximate surface area is 80.3 Å². The van der Waals surface area contributed by atoms with Crippen LogP contribution in [0.1, 0.15) is 58.3 Å². The van der Waals surface area contributed by atoms with Gasteiger partial charge in [0.25, 0.3) is 0 Å². The standard InChI is InChI=1S/C11H20O2/c1-11(8-4-5-9-11)7-3-2-6-10(12)13/h2-9H2,1H3,(H,12,13). The molecule has 0 atom stereocenters. The predicted octanol–water partition coefficient (Wildman–Crippen LogP) is 3.21. The Bertz CT molecular complexity index is 169. The number of carboxylic acid groups (broad SMARTS) is 1. The van der Waals surface area contributed by atoms with Crippen molar-refractivity contribution in [3.8, 4) is 0 Å². The van der Waals surface area contributed by atoms with Gasteiger partial charge >= 0.3 is 5.97 Å². The first-order chi connectivity index (χ1) is 6.12. The van der Waals surface area contributed by atoms with Gasteiger partial charge in [-0.3, -0.25) is 4.79 Å². The second kappa shape index (κ2) is 4.64. The maximum absolute atomic E-state index is 10.3. The van der Waals surface area contributed by atoms with E-state index in [1.165, 1.54) is 32.1 Å². The summed E-state index contributed by atoms with van der Waals surface area (Å²) in [6.07, 6.45) is 8.94. The van der Waals surface area contributed by atoms with Crippen LogP contribution in [0.4, 0.5) is 0 Å². The van der Waals surface area contributed by atoms with E-state index in [2.05, 4.69) is 6.92 Å². The molecule has 1 saturated carbocycles. The average Bonchev–Trinajstić information content (AvgIpc) is 2.47. The third-order valence-corrected chi connectivity index (χ3v) is 3.23. The minimum absolute atomic E-state index is 0.343. The SMILES string of the molecule is CC1(CCCCC(=O)O)CCCC1. The summed E-state index contributed by atoms with van der Waals surface area (Å²) in [5, 5.41) is 8.47. The van der Waals surface area contributed by atoms with Gasteiger partial charge in [-0.2, -0.15) is 0 Å². The van der Waals surface area contributed by atoms with E-state index in [1.54, 1.807) is 0 Å². The topological polar surface area (TPSA) is 37.3 Å². The molecule has 76 valence electrons. The van der Waals surface area contributed by atoms with Crippen molar-refractivity contribution >= 4 is 5.97 Å². The molecule has 2 nitrogen and oxygen atoms in total. The molecule has 0 saturated heterocycles. The molecule has 0 unspecified atom stereocenters. The second-order valence-electron chi connectivity index (χ2n) is 4.62. The number of unbranched alkanes of at least 4 members (excludes halogenated alkanes) is 1. The molecule has 1 N–H and O–H groups in total. The maximum Gasteiger partial charge on any atom is 0.303 e. The molecule has 1 fully saturated rings. The van der Waals surface area contributed by atoms with E-state index in [9.17, 15) is 4.79 Å². The van der Waals surface area contributed by atoms with Crippen LogP contribution in [0.5, 0.6) is 0 Å². The normalized spacial score (nSPS) is 20.4. The van der Waals surface area contributed by atoms with E-state index in [1.807, 2.05) is 0 Å². The molecule has 0 radical (unpaired) electrons. The largest absolute Gasteiger partial charge is 0.481 e. The van der Waals surface area contributed by atoms with Crippen molar-refractivity contribution in [1.29, 1.82) is 0 Å². The molecule has 1 aliphatic rings. The second-order valence-corrected chi connectivity index (χ2v) is 4.62. The maximum atomic E-state index is 10.3. The summed E-state index contributed by atoms with van der Waals surface area (Å²) in [4.78, 5) is 10.3. The molecule has 2 heteroatoms. The van der Waals surface area contributed by atoms with Gasteiger partial charge in [0.2, 0.25) is 0 Å². The zero-order chi connectivity index (χ0) is 9.73. The van der Waals surface area contributed by atoms with E-state index in [0.717, 1.165) is 12.8 Å². The van der Waals surface area contributed by atoms with Gasteiger partial charge in [0.1, 0.15) is 0 Å². The highest BCUT2D eigenvalue weighted by Crippen LogP contribution is 2.41. The van der Waals surface area contributed by atoms with Crippen LogP contribution in [0.25, 0.3) is 0 Å². The highest BCUT2D eigenvalue weighted by molar-refractivity contribution is 5.66. The van der Waals surface area contributed by atoms with Gasteiger partial charge < -0.3 is 5.11 Å². The summed E-state index contributed by atoms with van der Waals surface area (Å²) >= 11 is 0. The van der Waals surface area contributed by atoms with Gasteiger partial charge in [-0.15, -0.1) is 0 Å². The van der Waals surface area contributed by atoms with Gasteiger partial charge in [0.05, 0.1) is 0 Å². The van der Waals surface area contributed by atoms with E-state index in [0.29, 0.717) is 11.8 Å². The third kappa shape index (κ3) is 3.79. The molecule has 1 rings (SSSR count). The Kier molecular flexibility index (Phi) is 3.76. The highest BCUT2D eigenvalue weighted by atomic mass is 16.4. The lowest BCUT2D eigenvalue weighted by Gasteiger charge is -2.22. The Morgan fingerprint density at radius 3 is 2.46 bits per heavy atom. The number of carboxylic acids is 1. The quantitative estimate of drug-likeness (QED) is 0.666. The average molecular weight is 184 g/mol. The molecule has 13 heavy (non-hydrogen) atoms. The van der Waals surface area contributed by atoms with Crippen LogP contribution in [0, 0.1) is 5.41 Å². The summed E-state index contributed by atoms with van der Waals surface area (Å²) in [6.45, 7) is 2.35. The molecule has 0 aromatic carbocycles. The first-order valence-electron chi connectivity index (χ1n) is 5.34. The monoisotopic (exact) mass is 184 g/mol. The Morgan fingerprint density at radius 2 is 1.92 bits per heavy atom. The Morgan fingerprint density at radius 1 is 1.31 bits per heavy atom. The van der Waals surface area contributed by atoms with Crippen LogP contribution in [0.15, 0.2) is 0 Å². The number of hydrogen-bond donors (Lipinski definition) is 1. The lowest BCUT2D eigenvalue weighted by atomic mass is 9.83. The predicted molar refractivity (Wildman–Crippen MR) is 52.7 cm³/mol. The lowest BCUT2D eigenvalue weighted by molar-refractivity contribution is -0.137. The number of carbonyl (C=O) groups is 1. The van der Waals surface area contributed by atoms with E-state index < -0.39 is 5.97 Å². The fourth-order valence-corrected chi connectivity index (χ4v) is 2.31. The summed E-state index contributed by atoms with van der Waals surface area (Å²) in [7, 11) is 0. The molecule has 0 aromatic heterocycles. The Hall–Kier alpha value is -0.530.